The van der Waals surface area contributed by atoms with Crippen LogP contribution in [0.15, 0.2) is 24.3 Å². The van der Waals surface area contributed by atoms with E-state index in [9.17, 15) is 0 Å². The molecule has 1 aromatic rings. The molecule has 3 rings (SSSR count). The van der Waals surface area contributed by atoms with E-state index in [4.69, 9.17) is 9.47 Å². The van der Waals surface area contributed by atoms with Gasteiger partial charge in [-0.05, 0) is 30.4 Å². The Balaban J connectivity index is 1.67. The van der Waals surface area contributed by atoms with E-state index in [1.54, 1.807) is 0 Å². The molecule has 1 aromatic carbocycles. The summed E-state index contributed by atoms with van der Waals surface area (Å²) >= 11 is 0. The molecule has 1 heterocycles. The van der Waals surface area contributed by atoms with E-state index in [-0.39, 0.29) is 0 Å². The normalized spacial score (nSPS) is 31.3. The molecule has 0 spiro atoms. The number of benzene rings is 1. The zero-order valence-electron chi connectivity index (χ0n) is 10.9. The molecule has 0 radical (unpaired) electrons. The van der Waals surface area contributed by atoms with Gasteiger partial charge in [-0.2, -0.15) is 0 Å². The van der Waals surface area contributed by atoms with Crippen molar-refractivity contribution in [3.05, 3.63) is 35.4 Å². The largest absolute Gasteiger partial charge is 0.381 e. The Hall–Kier alpha value is -0.900. The summed E-state index contributed by atoms with van der Waals surface area (Å²) in [5, 5.41) is 3.73. The second kappa shape index (κ2) is 5.39. The van der Waals surface area contributed by atoms with Gasteiger partial charge in [0.1, 0.15) is 0 Å². The van der Waals surface area contributed by atoms with Crippen LogP contribution in [0.4, 0.5) is 0 Å². The summed E-state index contributed by atoms with van der Waals surface area (Å²) in [5.74, 6) is 0. The number of hydrogen-bond acceptors (Lipinski definition) is 3. The van der Waals surface area contributed by atoms with Crippen LogP contribution >= 0.6 is 0 Å². The first-order valence-corrected chi connectivity index (χ1v) is 6.81. The van der Waals surface area contributed by atoms with Gasteiger partial charge >= 0.3 is 0 Å². The Morgan fingerprint density at radius 3 is 3.00 bits per heavy atom. The number of hydrogen-bond donors (Lipinski definition) is 1. The third-order valence-corrected chi connectivity index (χ3v) is 4.13. The summed E-state index contributed by atoms with van der Waals surface area (Å²) in [6.07, 6.45) is 3.93. The number of methoxy groups -OCH3 is 1. The molecule has 1 saturated carbocycles. The highest BCUT2D eigenvalue weighted by Gasteiger charge is 2.28. The van der Waals surface area contributed by atoms with Crippen LogP contribution in [0.3, 0.4) is 0 Å². The van der Waals surface area contributed by atoms with Crippen molar-refractivity contribution in [3.63, 3.8) is 0 Å². The minimum Gasteiger partial charge on any atom is -0.381 e. The van der Waals surface area contributed by atoms with Crippen LogP contribution in [-0.2, 0) is 16.1 Å². The molecule has 0 amide bonds. The van der Waals surface area contributed by atoms with Gasteiger partial charge in [-0.15, -0.1) is 0 Å². The van der Waals surface area contributed by atoms with Gasteiger partial charge in [0.25, 0.3) is 0 Å². The monoisotopic (exact) mass is 247 g/mol. The maximum Gasteiger partial charge on any atom is 0.0721 e. The van der Waals surface area contributed by atoms with Crippen LogP contribution in [0.25, 0.3) is 0 Å². The minimum atomic E-state index is 0.343. The van der Waals surface area contributed by atoms with Gasteiger partial charge in [0, 0.05) is 13.2 Å². The fourth-order valence-corrected chi connectivity index (χ4v) is 3.11. The average Bonchev–Trinajstić information content (AvgIpc) is 2.87. The molecule has 3 heteroatoms. The quantitative estimate of drug-likeness (QED) is 0.889. The lowest BCUT2D eigenvalue weighted by Gasteiger charge is -2.29. The Labute approximate surface area is 108 Å². The fourth-order valence-electron chi connectivity index (χ4n) is 3.11. The lowest BCUT2D eigenvalue weighted by atomic mass is 9.98. The van der Waals surface area contributed by atoms with Crippen LogP contribution in [0, 0.1) is 0 Å². The van der Waals surface area contributed by atoms with Gasteiger partial charge in [0.15, 0.2) is 0 Å². The molecule has 3 nitrogen and oxygen atoms in total. The molecule has 3 unspecified atom stereocenters. The van der Waals surface area contributed by atoms with Crippen LogP contribution < -0.4 is 5.32 Å². The third-order valence-electron chi connectivity index (χ3n) is 4.13. The Kier molecular flexibility index (Phi) is 3.64. The predicted molar refractivity (Wildman–Crippen MR) is 70.4 cm³/mol. The maximum atomic E-state index is 5.68. The van der Waals surface area contributed by atoms with Crippen molar-refractivity contribution in [1.29, 1.82) is 0 Å². The van der Waals surface area contributed by atoms with E-state index in [1.807, 2.05) is 7.11 Å². The van der Waals surface area contributed by atoms with Crippen LogP contribution in [-0.4, -0.2) is 25.9 Å². The van der Waals surface area contributed by atoms with Crippen molar-refractivity contribution in [1.82, 2.24) is 5.32 Å². The first kappa shape index (κ1) is 12.2. The molecule has 0 aromatic heterocycles. The second-order valence-electron chi connectivity index (χ2n) is 5.30. The van der Waals surface area contributed by atoms with E-state index in [0.29, 0.717) is 18.2 Å². The summed E-state index contributed by atoms with van der Waals surface area (Å²) in [6, 6.07) is 9.49. The molecular formula is C15H21NO2. The second-order valence-corrected chi connectivity index (χ2v) is 5.30. The van der Waals surface area contributed by atoms with E-state index in [0.717, 1.165) is 19.6 Å². The molecule has 3 atom stereocenters. The highest BCUT2D eigenvalue weighted by Crippen LogP contribution is 2.28. The van der Waals surface area contributed by atoms with Crippen LogP contribution in [0.2, 0.25) is 0 Å². The molecule has 18 heavy (non-hydrogen) atoms. The van der Waals surface area contributed by atoms with E-state index in [1.165, 1.54) is 24.0 Å². The number of ether oxygens (including phenoxy) is 2. The Bertz CT molecular complexity index is 407. The zero-order valence-corrected chi connectivity index (χ0v) is 10.9. The summed E-state index contributed by atoms with van der Waals surface area (Å²) in [6.45, 7) is 1.53. The molecule has 1 fully saturated rings. The molecule has 0 bridgehead atoms. The Morgan fingerprint density at radius 1 is 1.28 bits per heavy atom. The van der Waals surface area contributed by atoms with Gasteiger partial charge in [-0.1, -0.05) is 24.3 Å². The summed E-state index contributed by atoms with van der Waals surface area (Å²) < 4.78 is 11.1. The maximum absolute atomic E-state index is 5.68. The highest BCUT2D eigenvalue weighted by molar-refractivity contribution is 5.31. The van der Waals surface area contributed by atoms with Crippen molar-refractivity contribution in [2.45, 2.75) is 44.1 Å². The molecule has 2 aliphatic rings. The topological polar surface area (TPSA) is 30.5 Å². The third kappa shape index (κ3) is 2.44. The highest BCUT2D eigenvalue weighted by atomic mass is 16.5. The number of fused-ring (bicyclic) bond motifs is 1. The van der Waals surface area contributed by atoms with Crippen LogP contribution in [0.1, 0.15) is 36.4 Å². The first-order valence-electron chi connectivity index (χ1n) is 6.81. The lowest BCUT2D eigenvalue weighted by Crippen LogP contribution is -2.36. The Morgan fingerprint density at radius 2 is 2.17 bits per heavy atom. The van der Waals surface area contributed by atoms with Crippen molar-refractivity contribution in [2.75, 3.05) is 13.7 Å². The van der Waals surface area contributed by atoms with E-state index < -0.39 is 0 Å². The summed E-state index contributed by atoms with van der Waals surface area (Å²) in [4.78, 5) is 0. The number of nitrogens with one attached hydrogen (secondary N) is 1. The zero-order chi connectivity index (χ0) is 12.4. The summed E-state index contributed by atoms with van der Waals surface area (Å²) in [7, 11) is 1.81. The molecule has 98 valence electrons. The van der Waals surface area contributed by atoms with Gasteiger partial charge in [0.05, 0.1) is 25.4 Å². The first-order chi connectivity index (χ1) is 8.86. The molecule has 1 N–H and O–H groups in total. The molecule has 1 aliphatic carbocycles. The van der Waals surface area contributed by atoms with E-state index >= 15 is 0 Å². The van der Waals surface area contributed by atoms with Crippen molar-refractivity contribution >= 4 is 0 Å². The molecule has 1 aliphatic heterocycles. The van der Waals surface area contributed by atoms with Gasteiger partial charge in [-0.3, -0.25) is 0 Å². The average molecular weight is 247 g/mol. The fraction of sp³-hybridized carbons (Fsp3) is 0.600. The predicted octanol–water partition coefficient (Wildman–Crippen LogP) is 2.42. The standard InChI is InChI=1S/C15H21NO2/c1-17-13-7-6-12(8-13)16-15-10-18-9-11-4-2-3-5-14(11)15/h2-5,12-13,15-16H,6-10H2,1H3. The smallest absolute Gasteiger partial charge is 0.0721 e. The SMILES string of the molecule is COC1CCC(NC2COCc3ccccc32)C1. The number of rotatable bonds is 3. The summed E-state index contributed by atoms with van der Waals surface area (Å²) in [5.41, 5.74) is 2.73. The van der Waals surface area contributed by atoms with Crippen LogP contribution in [0.5, 0.6) is 0 Å². The van der Waals surface area contributed by atoms with E-state index in [2.05, 4.69) is 29.6 Å². The van der Waals surface area contributed by atoms with Gasteiger partial charge in [0.2, 0.25) is 0 Å². The molecular weight excluding hydrogens is 226 g/mol. The lowest BCUT2D eigenvalue weighted by molar-refractivity contribution is 0.0757. The minimum absolute atomic E-state index is 0.343. The van der Waals surface area contributed by atoms with Gasteiger partial charge < -0.3 is 14.8 Å². The van der Waals surface area contributed by atoms with Gasteiger partial charge in [-0.25, -0.2) is 0 Å². The molecule has 0 saturated heterocycles. The van der Waals surface area contributed by atoms with Crippen molar-refractivity contribution in [2.24, 2.45) is 0 Å². The van der Waals surface area contributed by atoms with Crippen molar-refractivity contribution < 1.29 is 9.47 Å². The van der Waals surface area contributed by atoms with Crippen molar-refractivity contribution in [3.8, 4) is 0 Å².